The SMILES string of the molecule is CS(=O)c1nncn1CCOc1ccccc1C(=O)O. The molecule has 1 N–H and O–H groups in total. The van der Waals surface area contributed by atoms with Crippen LogP contribution in [-0.2, 0) is 17.3 Å². The zero-order chi connectivity index (χ0) is 14.5. The van der Waals surface area contributed by atoms with Gasteiger partial charge >= 0.3 is 5.97 Å². The molecule has 1 unspecified atom stereocenters. The standard InChI is InChI=1S/C12H13N3O4S/c1-20(18)12-14-13-8-15(12)6-7-19-10-5-3-2-4-9(10)11(16)17/h2-5,8H,6-7H2,1H3,(H,16,17). The zero-order valence-electron chi connectivity index (χ0n) is 10.7. The molecule has 0 aliphatic rings. The maximum Gasteiger partial charge on any atom is 0.339 e. The van der Waals surface area contributed by atoms with Crippen molar-refractivity contribution in [2.45, 2.75) is 11.7 Å². The van der Waals surface area contributed by atoms with Gasteiger partial charge in [0.2, 0.25) is 5.16 Å². The fourth-order valence-corrected chi connectivity index (χ4v) is 2.27. The van der Waals surface area contributed by atoms with Gasteiger partial charge in [0.1, 0.15) is 24.2 Å². The topological polar surface area (TPSA) is 94.3 Å². The van der Waals surface area contributed by atoms with E-state index in [4.69, 9.17) is 9.84 Å². The smallest absolute Gasteiger partial charge is 0.339 e. The third kappa shape index (κ3) is 3.21. The molecule has 0 saturated heterocycles. The Balaban J connectivity index is 2.01. The summed E-state index contributed by atoms with van der Waals surface area (Å²) in [6, 6.07) is 6.40. The molecular formula is C12H13N3O4S. The first-order chi connectivity index (χ1) is 9.59. The van der Waals surface area contributed by atoms with E-state index in [2.05, 4.69) is 10.2 Å². The van der Waals surface area contributed by atoms with Crippen molar-refractivity contribution in [2.24, 2.45) is 0 Å². The lowest BCUT2D eigenvalue weighted by molar-refractivity contribution is 0.0692. The Morgan fingerprint density at radius 1 is 1.45 bits per heavy atom. The van der Waals surface area contributed by atoms with Crippen LogP contribution in [0, 0.1) is 0 Å². The van der Waals surface area contributed by atoms with Gasteiger partial charge in [-0.2, -0.15) is 0 Å². The van der Waals surface area contributed by atoms with Gasteiger partial charge in [-0.25, -0.2) is 4.79 Å². The van der Waals surface area contributed by atoms with Crippen molar-refractivity contribution in [1.29, 1.82) is 0 Å². The van der Waals surface area contributed by atoms with Crippen LogP contribution in [0.4, 0.5) is 0 Å². The predicted octanol–water partition coefficient (Wildman–Crippen LogP) is 0.793. The van der Waals surface area contributed by atoms with Crippen LogP contribution >= 0.6 is 0 Å². The van der Waals surface area contributed by atoms with E-state index in [1.54, 1.807) is 22.8 Å². The van der Waals surface area contributed by atoms with Crippen LogP contribution in [0.3, 0.4) is 0 Å². The first kappa shape index (κ1) is 14.2. The van der Waals surface area contributed by atoms with Crippen molar-refractivity contribution in [3.05, 3.63) is 36.2 Å². The second-order valence-corrected chi connectivity index (χ2v) is 5.18. The number of rotatable bonds is 6. The third-order valence-corrected chi connectivity index (χ3v) is 3.37. The Kier molecular flexibility index (Phi) is 4.46. The average Bonchev–Trinajstić information content (AvgIpc) is 2.87. The summed E-state index contributed by atoms with van der Waals surface area (Å²) in [5, 5.41) is 16.8. The minimum Gasteiger partial charge on any atom is -0.491 e. The molecule has 20 heavy (non-hydrogen) atoms. The quantitative estimate of drug-likeness (QED) is 0.846. The first-order valence-corrected chi connectivity index (χ1v) is 7.31. The summed E-state index contributed by atoms with van der Waals surface area (Å²) in [7, 11) is -1.23. The highest BCUT2D eigenvalue weighted by atomic mass is 32.2. The van der Waals surface area contributed by atoms with Gasteiger partial charge in [0, 0.05) is 6.26 Å². The number of aromatic nitrogens is 3. The maximum atomic E-state index is 11.4. The van der Waals surface area contributed by atoms with Crippen LogP contribution in [0.2, 0.25) is 0 Å². The van der Waals surface area contributed by atoms with Gasteiger partial charge in [-0.1, -0.05) is 12.1 Å². The largest absolute Gasteiger partial charge is 0.491 e. The van der Waals surface area contributed by atoms with E-state index in [9.17, 15) is 9.00 Å². The second kappa shape index (κ2) is 6.29. The molecular weight excluding hydrogens is 282 g/mol. The Morgan fingerprint density at radius 3 is 2.90 bits per heavy atom. The molecule has 0 aliphatic carbocycles. The van der Waals surface area contributed by atoms with Crippen molar-refractivity contribution >= 4 is 16.8 Å². The second-order valence-electron chi connectivity index (χ2n) is 3.91. The van der Waals surface area contributed by atoms with Crippen LogP contribution in [0.5, 0.6) is 5.75 Å². The van der Waals surface area contributed by atoms with Gasteiger partial charge in [-0.3, -0.25) is 4.21 Å². The van der Waals surface area contributed by atoms with E-state index >= 15 is 0 Å². The number of hydrogen-bond donors (Lipinski definition) is 1. The van der Waals surface area contributed by atoms with E-state index in [0.29, 0.717) is 17.5 Å². The summed E-state index contributed by atoms with van der Waals surface area (Å²) in [6.07, 6.45) is 2.98. The van der Waals surface area contributed by atoms with E-state index < -0.39 is 16.8 Å². The third-order valence-electron chi connectivity index (χ3n) is 2.54. The Labute approximate surface area is 117 Å². The molecule has 0 spiro atoms. The summed E-state index contributed by atoms with van der Waals surface area (Å²) in [6.45, 7) is 0.613. The molecule has 1 aromatic heterocycles. The highest BCUT2D eigenvalue weighted by molar-refractivity contribution is 7.84. The molecule has 0 saturated carbocycles. The summed E-state index contributed by atoms with van der Waals surface area (Å²) in [4.78, 5) is 11.0. The number of hydrogen-bond acceptors (Lipinski definition) is 5. The van der Waals surface area contributed by atoms with E-state index in [1.807, 2.05) is 0 Å². The predicted molar refractivity (Wildman–Crippen MR) is 71.3 cm³/mol. The molecule has 0 aliphatic heterocycles. The monoisotopic (exact) mass is 295 g/mol. The molecule has 0 amide bonds. The average molecular weight is 295 g/mol. The lowest BCUT2D eigenvalue weighted by Gasteiger charge is -2.09. The van der Waals surface area contributed by atoms with E-state index in [-0.39, 0.29) is 12.2 Å². The number of carboxylic acids is 1. The molecule has 0 bridgehead atoms. The molecule has 1 heterocycles. The Bertz CT molecular complexity index is 641. The number of carbonyl (C=O) groups is 1. The summed E-state index contributed by atoms with van der Waals surface area (Å²) in [5.74, 6) is -0.743. The van der Waals surface area contributed by atoms with E-state index in [0.717, 1.165) is 0 Å². The number of nitrogens with zero attached hydrogens (tertiary/aromatic N) is 3. The van der Waals surface area contributed by atoms with Gasteiger partial charge in [0.15, 0.2) is 0 Å². The van der Waals surface area contributed by atoms with Crippen LogP contribution < -0.4 is 4.74 Å². The van der Waals surface area contributed by atoms with Crippen LogP contribution in [-0.4, -0.2) is 42.9 Å². The molecule has 1 atom stereocenters. The van der Waals surface area contributed by atoms with Crippen LogP contribution in [0.25, 0.3) is 0 Å². The summed E-state index contributed by atoms with van der Waals surface area (Å²) >= 11 is 0. The molecule has 2 aromatic rings. The van der Waals surface area contributed by atoms with Crippen LogP contribution in [0.1, 0.15) is 10.4 Å². The number of benzene rings is 1. The molecule has 8 heteroatoms. The molecule has 0 fully saturated rings. The summed E-state index contributed by atoms with van der Waals surface area (Å²) < 4.78 is 18.4. The lowest BCUT2D eigenvalue weighted by atomic mass is 10.2. The number of ether oxygens (including phenoxy) is 1. The van der Waals surface area contributed by atoms with Gasteiger partial charge in [-0.15, -0.1) is 10.2 Å². The zero-order valence-corrected chi connectivity index (χ0v) is 11.5. The molecule has 7 nitrogen and oxygen atoms in total. The minimum atomic E-state index is -1.23. The first-order valence-electron chi connectivity index (χ1n) is 5.76. The maximum absolute atomic E-state index is 11.4. The fourth-order valence-electron chi connectivity index (χ4n) is 1.64. The number of aromatic carboxylic acids is 1. The highest BCUT2D eigenvalue weighted by Gasteiger charge is 2.11. The normalized spacial score (nSPS) is 12.1. The van der Waals surface area contributed by atoms with Crippen LogP contribution in [0.15, 0.2) is 35.7 Å². The van der Waals surface area contributed by atoms with Crippen molar-refractivity contribution in [2.75, 3.05) is 12.9 Å². The van der Waals surface area contributed by atoms with Crippen molar-refractivity contribution in [1.82, 2.24) is 14.8 Å². The van der Waals surface area contributed by atoms with Crippen molar-refractivity contribution in [3.8, 4) is 5.75 Å². The van der Waals surface area contributed by atoms with Gasteiger partial charge in [0.05, 0.1) is 17.3 Å². The van der Waals surface area contributed by atoms with Crippen molar-refractivity contribution < 1.29 is 18.8 Å². The van der Waals surface area contributed by atoms with Gasteiger partial charge < -0.3 is 14.4 Å². The molecule has 106 valence electrons. The van der Waals surface area contributed by atoms with E-state index in [1.165, 1.54) is 18.6 Å². The minimum absolute atomic E-state index is 0.107. The summed E-state index contributed by atoms with van der Waals surface area (Å²) in [5.41, 5.74) is 0.107. The van der Waals surface area contributed by atoms with Gasteiger partial charge in [0.25, 0.3) is 0 Å². The Hall–Kier alpha value is -2.22. The molecule has 1 aromatic carbocycles. The van der Waals surface area contributed by atoms with Crippen molar-refractivity contribution in [3.63, 3.8) is 0 Å². The fraction of sp³-hybridized carbons (Fsp3) is 0.250. The molecule has 2 rings (SSSR count). The lowest BCUT2D eigenvalue weighted by Crippen LogP contribution is -2.12. The van der Waals surface area contributed by atoms with Gasteiger partial charge in [-0.05, 0) is 12.1 Å². The number of para-hydroxylation sites is 1. The number of carboxylic acid groups (broad SMARTS) is 1. The molecule has 0 radical (unpaired) electrons. The Morgan fingerprint density at radius 2 is 2.20 bits per heavy atom. The highest BCUT2D eigenvalue weighted by Crippen LogP contribution is 2.17.